The molecule has 1 atom stereocenters. The van der Waals surface area contributed by atoms with Crippen molar-refractivity contribution in [1.29, 1.82) is 0 Å². The maximum absolute atomic E-state index is 11.9. The molecule has 0 bridgehead atoms. The molecule has 1 rings (SSSR count). The number of sulfonamides is 1. The summed E-state index contributed by atoms with van der Waals surface area (Å²) in [7, 11) is 0.0704. The Hall–Kier alpha value is -0.910. The molecule has 0 aromatic heterocycles. The molecule has 1 aromatic rings. The van der Waals surface area contributed by atoms with Crippen LogP contribution in [0.25, 0.3) is 0 Å². The number of methoxy groups -OCH3 is 1. The molecule has 0 saturated carbocycles. The number of hydrogen-bond acceptors (Lipinski definition) is 4. The summed E-state index contributed by atoms with van der Waals surface area (Å²) < 4.78 is 31.6. The van der Waals surface area contributed by atoms with Crippen LogP contribution in [0.1, 0.15) is 31.9 Å². The quantitative estimate of drug-likeness (QED) is 0.275. The Labute approximate surface area is 174 Å². The summed E-state index contributed by atoms with van der Waals surface area (Å²) in [6.45, 7) is 6.81. The lowest BCUT2D eigenvalue weighted by Crippen LogP contribution is -2.43. The molecule has 0 radical (unpaired) electrons. The highest BCUT2D eigenvalue weighted by atomic mass is 127. The van der Waals surface area contributed by atoms with Crippen molar-refractivity contribution in [2.45, 2.75) is 45.2 Å². The third kappa shape index (κ3) is 10.3. The highest BCUT2D eigenvalue weighted by Gasteiger charge is 2.12. The molecule has 9 heteroatoms. The Morgan fingerprint density at radius 3 is 2.23 bits per heavy atom. The van der Waals surface area contributed by atoms with Gasteiger partial charge in [-0.3, -0.25) is 4.99 Å². The third-order valence-corrected chi connectivity index (χ3v) is 4.82. The second-order valence-corrected chi connectivity index (χ2v) is 8.03. The lowest BCUT2D eigenvalue weighted by molar-refractivity contribution is 0.179. The van der Waals surface area contributed by atoms with Crippen molar-refractivity contribution >= 4 is 40.0 Å². The first-order chi connectivity index (χ1) is 11.8. The summed E-state index contributed by atoms with van der Waals surface area (Å²) in [6, 6.07) is 7.55. The van der Waals surface area contributed by atoms with Crippen LogP contribution in [0.15, 0.2) is 29.3 Å². The van der Waals surface area contributed by atoms with E-state index in [1.54, 1.807) is 28.0 Å². The van der Waals surface area contributed by atoms with E-state index in [9.17, 15) is 8.42 Å². The largest absolute Gasteiger partial charge is 0.383 e. The zero-order valence-electron chi connectivity index (χ0n) is 16.1. The second kappa shape index (κ2) is 12.5. The second-order valence-electron chi connectivity index (χ2n) is 6.27. The molecule has 0 saturated heterocycles. The molecule has 0 amide bonds. The van der Waals surface area contributed by atoms with Gasteiger partial charge in [0, 0.05) is 32.8 Å². The van der Waals surface area contributed by atoms with Gasteiger partial charge in [-0.15, -0.1) is 24.0 Å². The topological polar surface area (TPSA) is 91.8 Å². The highest BCUT2D eigenvalue weighted by Crippen LogP contribution is 2.08. The van der Waals surface area contributed by atoms with Crippen LogP contribution < -0.4 is 15.4 Å². The number of ether oxygens (including phenoxy) is 1. The van der Waals surface area contributed by atoms with E-state index in [1.165, 1.54) is 0 Å². The van der Waals surface area contributed by atoms with Crippen molar-refractivity contribution in [1.82, 2.24) is 15.4 Å². The molecule has 3 N–H and O–H groups in total. The molecule has 0 spiro atoms. The van der Waals surface area contributed by atoms with Gasteiger partial charge in [0.25, 0.3) is 0 Å². The predicted molar refractivity (Wildman–Crippen MR) is 117 cm³/mol. The van der Waals surface area contributed by atoms with E-state index < -0.39 is 10.0 Å². The van der Waals surface area contributed by atoms with Crippen LogP contribution in [0, 0.1) is 0 Å². The number of nitrogens with one attached hydrogen (secondary N) is 3. The van der Waals surface area contributed by atoms with Gasteiger partial charge in [-0.25, -0.2) is 13.1 Å². The maximum Gasteiger partial charge on any atom is 0.216 e. The average molecular weight is 498 g/mol. The van der Waals surface area contributed by atoms with Crippen molar-refractivity contribution < 1.29 is 13.2 Å². The minimum Gasteiger partial charge on any atom is -0.383 e. The van der Waals surface area contributed by atoms with E-state index in [0.717, 1.165) is 11.1 Å². The Morgan fingerprint density at radius 2 is 1.73 bits per heavy atom. The van der Waals surface area contributed by atoms with Crippen LogP contribution in [-0.2, 0) is 27.1 Å². The summed E-state index contributed by atoms with van der Waals surface area (Å²) in [5, 5.41) is 6.45. The van der Waals surface area contributed by atoms with Crippen LogP contribution in [0.3, 0.4) is 0 Å². The van der Waals surface area contributed by atoms with Crippen molar-refractivity contribution in [3.63, 3.8) is 0 Å². The van der Waals surface area contributed by atoms with Gasteiger partial charge in [-0.2, -0.15) is 0 Å². The number of benzene rings is 1. The Bertz CT molecular complexity index is 648. The minimum absolute atomic E-state index is 0. The first-order valence-electron chi connectivity index (χ1n) is 8.29. The normalized spacial score (nSPS) is 13.2. The number of hydrogen-bond donors (Lipinski definition) is 3. The standard InChI is InChI=1S/C17H30N4O3S.HI/c1-13(2)21-25(22,23)12-16-8-6-15(7-9-16)10-19-17(18-4)20-14(3)11-24-5;/h6-9,13-14,21H,10-12H2,1-5H3,(H2,18,19,20);1H. The van der Waals surface area contributed by atoms with Gasteiger partial charge in [-0.1, -0.05) is 24.3 Å². The summed E-state index contributed by atoms with van der Waals surface area (Å²) in [6.07, 6.45) is 0. The molecular formula is C17H31IN4O3S. The molecule has 26 heavy (non-hydrogen) atoms. The molecule has 150 valence electrons. The van der Waals surface area contributed by atoms with E-state index in [4.69, 9.17) is 4.74 Å². The fourth-order valence-electron chi connectivity index (χ4n) is 2.28. The molecule has 0 aliphatic carbocycles. The number of rotatable bonds is 9. The van der Waals surface area contributed by atoms with Crippen LogP contribution in [0.2, 0.25) is 0 Å². The van der Waals surface area contributed by atoms with E-state index in [0.29, 0.717) is 19.1 Å². The summed E-state index contributed by atoms with van der Waals surface area (Å²) in [5.41, 5.74) is 1.80. The van der Waals surface area contributed by atoms with Crippen LogP contribution in [-0.4, -0.2) is 47.2 Å². The number of nitrogens with zero attached hydrogens (tertiary/aromatic N) is 1. The lowest BCUT2D eigenvalue weighted by atomic mass is 10.1. The zero-order valence-corrected chi connectivity index (χ0v) is 19.2. The van der Waals surface area contributed by atoms with Gasteiger partial charge in [0.1, 0.15) is 0 Å². The first-order valence-corrected chi connectivity index (χ1v) is 9.95. The van der Waals surface area contributed by atoms with E-state index >= 15 is 0 Å². The smallest absolute Gasteiger partial charge is 0.216 e. The molecule has 7 nitrogen and oxygen atoms in total. The molecule has 1 unspecified atom stereocenters. The Kier molecular flexibility index (Phi) is 12.0. The van der Waals surface area contributed by atoms with Gasteiger partial charge < -0.3 is 15.4 Å². The van der Waals surface area contributed by atoms with Gasteiger partial charge in [0.15, 0.2) is 5.96 Å². The predicted octanol–water partition coefficient (Wildman–Crippen LogP) is 1.83. The molecule has 0 aliphatic heterocycles. The van der Waals surface area contributed by atoms with Crippen molar-refractivity contribution in [3.05, 3.63) is 35.4 Å². The molecule has 0 heterocycles. The SMILES string of the molecule is CN=C(NCc1ccc(CS(=O)(=O)NC(C)C)cc1)NC(C)COC.I. The van der Waals surface area contributed by atoms with Gasteiger partial charge in [0.05, 0.1) is 12.4 Å². The highest BCUT2D eigenvalue weighted by molar-refractivity contribution is 14.0. The van der Waals surface area contributed by atoms with E-state index in [1.807, 2.05) is 31.2 Å². The molecular weight excluding hydrogens is 467 g/mol. The fraction of sp³-hybridized carbons (Fsp3) is 0.588. The summed E-state index contributed by atoms with van der Waals surface area (Å²) in [4.78, 5) is 4.17. The van der Waals surface area contributed by atoms with Crippen LogP contribution in [0.4, 0.5) is 0 Å². The maximum atomic E-state index is 11.9. The van der Waals surface area contributed by atoms with Gasteiger partial charge >= 0.3 is 0 Å². The van der Waals surface area contributed by atoms with Crippen LogP contribution >= 0.6 is 24.0 Å². The van der Waals surface area contributed by atoms with Gasteiger partial charge in [-0.05, 0) is 31.9 Å². The Balaban J connectivity index is 0.00000625. The average Bonchev–Trinajstić information content (AvgIpc) is 2.51. The van der Waals surface area contributed by atoms with Crippen molar-refractivity contribution in [3.8, 4) is 0 Å². The van der Waals surface area contributed by atoms with Crippen molar-refractivity contribution in [2.24, 2.45) is 4.99 Å². The zero-order chi connectivity index (χ0) is 18.9. The molecule has 1 aromatic carbocycles. The number of aliphatic imine (C=N–C) groups is 1. The summed E-state index contributed by atoms with van der Waals surface area (Å²) in [5.74, 6) is 0.675. The van der Waals surface area contributed by atoms with Crippen LogP contribution in [0.5, 0.6) is 0 Å². The summed E-state index contributed by atoms with van der Waals surface area (Å²) >= 11 is 0. The van der Waals surface area contributed by atoms with Crippen molar-refractivity contribution in [2.75, 3.05) is 20.8 Å². The monoisotopic (exact) mass is 498 g/mol. The number of guanidine groups is 1. The lowest BCUT2D eigenvalue weighted by Gasteiger charge is -2.17. The fourth-order valence-corrected chi connectivity index (χ4v) is 3.71. The van der Waals surface area contributed by atoms with Gasteiger partial charge in [0.2, 0.25) is 10.0 Å². The van der Waals surface area contributed by atoms with E-state index in [-0.39, 0.29) is 41.8 Å². The molecule has 0 fully saturated rings. The number of halogens is 1. The molecule has 0 aliphatic rings. The third-order valence-electron chi connectivity index (χ3n) is 3.28. The van der Waals surface area contributed by atoms with E-state index in [2.05, 4.69) is 20.3 Å². The minimum atomic E-state index is -3.30. The Morgan fingerprint density at radius 1 is 1.15 bits per heavy atom. The first kappa shape index (κ1) is 25.1.